The van der Waals surface area contributed by atoms with Gasteiger partial charge >= 0.3 is 5.97 Å². The third kappa shape index (κ3) is 3.42. The quantitative estimate of drug-likeness (QED) is 0.588. The molecule has 3 nitrogen and oxygen atoms in total. The highest BCUT2D eigenvalue weighted by atomic mass is 35.5. The van der Waals surface area contributed by atoms with Crippen LogP contribution < -0.4 is 4.74 Å². The number of benzene rings is 1. The Balaban J connectivity index is 2.81. The largest absolute Gasteiger partial charge is 0.493 e. The molecular weight excluding hydrogens is 228 g/mol. The van der Waals surface area contributed by atoms with Crippen molar-refractivity contribution in [2.24, 2.45) is 0 Å². The number of rotatable bonds is 5. The summed E-state index contributed by atoms with van der Waals surface area (Å²) in [6.45, 7) is 4.12. The molecule has 1 unspecified atom stereocenters. The minimum absolute atomic E-state index is 0.280. The van der Waals surface area contributed by atoms with Crippen LogP contribution in [0.2, 0.25) is 0 Å². The predicted octanol–water partition coefficient (Wildman–Crippen LogP) is 2.87. The van der Waals surface area contributed by atoms with Crippen LogP contribution in [0.1, 0.15) is 24.2 Å². The first-order chi connectivity index (χ1) is 7.69. The number of alkyl halides is 1. The maximum atomic E-state index is 11.7. The number of halogens is 1. The standard InChI is InChI=1S/C12H15ClO3/c1-3-15-11-7-5-4-6-10(11)12(14)16-9(2)8-13/h4-7,9H,3,8H2,1-2H3. The first-order valence-electron chi connectivity index (χ1n) is 5.17. The summed E-state index contributed by atoms with van der Waals surface area (Å²) in [7, 11) is 0. The van der Waals surface area contributed by atoms with Gasteiger partial charge in [-0.25, -0.2) is 4.79 Å². The molecule has 0 saturated carbocycles. The lowest BCUT2D eigenvalue weighted by molar-refractivity contribution is 0.0379. The minimum Gasteiger partial charge on any atom is -0.493 e. The van der Waals surface area contributed by atoms with Gasteiger partial charge in [0.25, 0.3) is 0 Å². The molecule has 1 aromatic carbocycles. The Labute approximate surface area is 100 Å². The summed E-state index contributed by atoms with van der Waals surface area (Å²) in [6, 6.07) is 7.00. The van der Waals surface area contributed by atoms with Gasteiger partial charge in [0.2, 0.25) is 0 Å². The van der Waals surface area contributed by atoms with Crippen molar-refractivity contribution in [3.63, 3.8) is 0 Å². The molecule has 16 heavy (non-hydrogen) atoms. The first-order valence-corrected chi connectivity index (χ1v) is 5.71. The summed E-state index contributed by atoms with van der Waals surface area (Å²) in [5, 5.41) is 0. The van der Waals surface area contributed by atoms with E-state index in [1.165, 1.54) is 0 Å². The number of carbonyl (C=O) groups is 1. The van der Waals surface area contributed by atoms with Gasteiger partial charge in [0.1, 0.15) is 17.4 Å². The van der Waals surface area contributed by atoms with Crippen LogP contribution in [0, 0.1) is 0 Å². The van der Waals surface area contributed by atoms with Gasteiger partial charge in [-0.2, -0.15) is 0 Å². The molecule has 0 spiro atoms. The molecule has 0 heterocycles. The zero-order valence-corrected chi connectivity index (χ0v) is 10.2. The highest BCUT2D eigenvalue weighted by Gasteiger charge is 2.15. The molecule has 0 saturated heterocycles. The summed E-state index contributed by atoms with van der Waals surface area (Å²) >= 11 is 5.58. The van der Waals surface area contributed by atoms with Crippen LogP contribution in [0.3, 0.4) is 0 Å². The van der Waals surface area contributed by atoms with E-state index < -0.39 is 5.97 Å². The molecule has 1 rings (SSSR count). The van der Waals surface area contributed by atoms with Gasteiger partial charge in [0.15, 0.2) is 0 Å². The minimum atomic E-state index is -0.405. The third-order valence-corrected chi connectivity index (χ3v) is 2.37. The summed E-state index contributed by atoms with van der Waals surface area (Å²) < 4.78 is 10.5. The Hall–Kier alpha value is -1.22. The van der Waals surface area contributed by atoms with Gasteiger partial charge < -0.3 is 9.47 Å². The molecule has 1 atom stereocenters. The van der Waals surface area contributed by atoms with Crippen LogP contribution in [0.15, 0.2) is 24.3 Å². The van der Waals surface area contributed by atoms with Crippen molar-refractivity contribution in [1.82, 2.24) is 0 Å². The molecule has 0 aromatic heterocycles. The molecule has 0 radical (unpaired) electrons. The molecular formula is C12H15ClO3. The Kier molecular flexibility index (Phi) is 5.12. The Morgan fingerprint density at radius 2 is 2.12 bits per heavy atom. The van der Waals surface area contributed by atoms with Crippen molar-refractivity contribution >= 4 is 17.6 Å². The molecule has 0 amide bonds. The second-order valence-corrected chi connectivity index (χ2v) is 3.61. The van der Waals surface area contributed by atoms with Crippen LogP contribution in [0.25, 0.3) is 0 Å². The monoisotopic (exact) mass is 242 g/mol. The maximum Gasteiger partial charge on any atom is 0.342 e. The zero-order valence-electron chi connectivity index (χ0n) is 9.40. The van der Waals surface area contributed by atoms with E-state index in [-0.39, 0.29) is 12.0 Å². The number of esters is 1. The van der Waals surface area contributed by atoms with Crippen molar-refractivity contribution in [3.8, 4) is 5.75 Å². The van der Waals surface area contributed by atoms with E-state index in [2.05, 4.69) is 0 Å². The molecule has 0 aliphatic rings. The fraction of sp³-hybridized carbons (Fsp3) is 0.417. The molecule has 0 aliphatic carbocycles. The number of carbonyl (C=O) groups excluding carboxylic acids is 1. The van der Waals surface area contributed by atoms with Crippen molar-refractivity contribution in [2.45, 2.75) is 20.0 Å². The second-order valence-electron chi connectivity index (χ2n) is 3.30. The Morgan fingerprint density at radius 3 is 2.75 bits per heavy atom. The van der Waals surface area contributed by atoms with Crippen molar-refractivity contribution in [3.05, 3.63) is 29.8 Å². The molecule has 0 fully saturated rings. The van der Waals surface area contributed by atoms with E-state index >= 15 is 0 Å². The van der Waals surface area contributed by atoms with E-state index in [0.717, 1.165) is 0 Å². The normalized spacial score (nSPS) is 11.9. The zero-order chi connectivity index (χ0) is 12.0. The highest BCUT2D eigenvalue weighted by Crippen LogP contribution is 2.19. The maximum absolute atomic E-state index is 11.7. The van der Waals surface area contributed by atoms with E-state index in [1.54, 1.807) is 25.1 Å². The molecule has 88 valence electrons. The van der Waals surface area contributed by atoms with E-state index in [0.29, 0.717) is 17.9 Å². The fourth-order valence-electron chi connectivity index (χ4n) is 1.19. The molecule has 0 aliphatic heterocycles. The van der Waals surface area contributed by atoms with Crippen LogP contribution in [0.5, 0.6) is 5.75 Å². The Morgan fingerprint density at radius 1 is 1.44 bits per heavy atom. The lowest BCUT2D eigenvalue weighted by atomic mass is 10.2. The van der Waals surface area contributed by atoms with Gasteiger partial charge in [-0.15, -0.1) is 11.6 Å². The highest BCUT2D eigenvalue weighted by molar-refractivity contribution is 6.18. The third-order valence-electron chi connectivity index (χ3n) is 1.93. The van der Waals surface area contributed by atoms with Gasteiger partial charge in [-0.3, -0.25) is 0 Å². The number of ether oxygens (including phenoxy) is 2. The summed E-state index contributed by atoms with van der Waals surface area (Å²) in [4.78, 5) is 11.7. The van der Waals surface area contributed by atoms with Crippen LogP contribution >= 0.6 is 11.6 Å². The average molecular weight is 243 g/mol. The lowest BCUT2D eigenvalue weighted by Gasteiger charge is -2.12. The van der Waals surface area contributed by atoms with Gasteiger partial charge in [0, 0.05) is 0 Å². The molecule has 0 N–H and O–H groups in total. The molecule has 0 bridgehead atoms. The van der Waals surface area contributed by atoms with Crippen molar-refractivity contribution < 1.29 is 14.3 Å². The van der Waals surface area contributed by atoms with Crippen LogP contribution in [-0.2, 0) is 4.74 Å². The predicted molar refractivity (Wildman–Crippen MR) is 63.2 cm³/mol. The topological polar surface area (TPSA) is 35.5 Å². The summed E-state index contributed by atoms with van der Waals surface area (Å²) in [5.74, 6) is 0.414. The number of hydrogen-bond acceptors (Lipinski definition) is 3. The SMILES string of the molecule is CCOc1ccccc1C(=O)OC(C)CCl. The van der Waals surface area contributed by atoms with Crippen LogP contribution in [-0.4, -0.2) is 24.6 Å². The van der Waals surface area contributed by atoms with E-state index in [4.69, 9.17) is 21.1 Å². The summed E-state index contributed by atoms with van der Waals surface area (Å²) in [6.07, 6.45) is -0.302. The lowest BCUT2D eigenvalue weighted by Crippen LogP contribution is -2.17. The number of para-hydroxylation sites is 1. The van der Waals surface area contributed by atoms with Crippen molar-refractivity contribution in [2.75, 3.05) is 12.5 Å². The smallest absolute Gasteiger partial charge is 0.342 e. The average Bonchev–Trinajstić information content (AvgIpc) is 2.30. The number of hydrogen-bond donors (Lipinski definition) is 0. The molecule has 1 aromatic rings. The van der Waals surface area contributed by atoms with Gasteiger partial charge in [-0.05, 0) is 26.0 Å². The van der Waals surface area contributed by atoms with Gasteiger partial charge in [0.05, 0.1) is 12.5 Å². The van der Waals surface area contributed by atoms with Crippen molar-refractivity contribution in [1.29, 1.82) is 0 Å². The first kappa shape index (κ1) is 12.8. The molecule has 4 heteroatoms. The summed E-state index contributed by atoms with van der Waals surface area (Å²) in [5.41, 5.74) is 0.432. The van der Waals surface area contributed by atoms with Crippen LogP contribution in [0.4, 0.5) is 0 Å². The van der Waals surface area contributed by atoms with E-state index in [9.17, 15) is 4.79 Å². The second kappa shape index (κ2) is 6.38. The Bertz CT molecular complexity index is 352. The fourth-order valence-corrected chi connectivity index (χ4v) is 1.26. The van der Waals surface area contributed by atoms with E-state index in [1.807, 2.05) is 13.0 Å². The van der Waals surface area contributed by atoms with Gasteiger partial charge in [-0.1, -0.05) is 12.1 Å².